The second-order valence-corrected chi connectivity index (χ2v) is 5.26. The van der Waals surface area contributed by atoms with Crippen LogP contribution < -0.4 is 10.5 Å². The van der Waals surface area contributed by atoms with E-state index in [0.29, 0.717) is 26.1 Å². The van der Waals surface area contributed by atoms with Gasteiger partial charge in [-0.1, -0.05) is 0 Å². The lowest BCUT2D eigenvalue weighted by Crippen LogP contribution is -1.93. The second-order valence-electron chi connectivity index (χ2n) is 3.55. The molecular formula is C11H7Br2N3O3. The van der Waals surface area contributed by atoms with Gasteiger partial charge in [0.15, 0.2) is 5.75 Å². The third kappa shape index (κ3) is 3.21. The zero-order valence-corrected chi connectivity index (χ0v) is 12.5. The number of pyridine rings is 1. The topological polar surface area (TPSA) is 91.3 Å². The van der Waals surface area contributed by atoms with Crippen molar-refractivity contribution in [1.82, 2.24) is 4.98 Å². The van der Waals surface area contributed by atoms with Crippen molar-refractivity contribution in [3.05, 3.63) is 49.7 Å². The van der Waals surface area contributed by atoms with E-state index in [0.717, 1.165) is 0 Å². The molecule has 0 saturated heterocycles. The highest BCUT2D eigenvalue weighted by atomic mass is 79.9. The monoisotopic (exact) mass is 387 g/mol. The van der Waals surface area contributed by atoms with Gasteiger partial charge in [-0.05, 0) is 31.9 Å². The van der Waals surface area contributed by atoms with Gasteiger partial charge in [-0.2, -0.15) is 0 Å². The Bertz CT molecular complexity index is 626. The van der Waals surface area contributed by atoms with Crippen molar-refractivity contribution < 1.29 is 9.66 Å². The van der Waals surface area contributed by atoms with Crippen LogP contribution >= 0.6 is 31.9 Å². The van der Waals surface area contributed by atoms with Crippen LogP contribution in [-0.4, -0.2) is 9.91 Å². The van der Waals surface area contributed by atoms with Crippen LogP contribution in [-0.2, 0) is 0 Å². The second kappa shape index (κ2) is 5.54. The first-order chi connectivity index (χ1) is 8.97. The SMILES string of the molecule is Nc1cncc(Oc2c(Br)cc([N+](=O)[O-])cc2Br)c1. The number of benzene rings is 1. The summed E-state index contributed by atoms with van der Waals surface area (Å²) < 4.78 is 6.51. The van der Waals surface area contributed by atoms with Crippen molar-refractivity contribution in [2.24, 2.45) is 0 Å². The van der Waals surface area contributed by atoms with Crippen LogP contribution in [0.2, 0.25) is 0 Å². The lowest BCUT2D eigenvalue weighted by Gasteiger charge is -2.09. The minimum Gasteiger partial charge on any atom is -0.453 e. The number of hydrogen-bond donors (Lipinski definition) is 1. The number of rotatable bonds is 3. The van der Waals surface area contributed by atoms with Crippen molar-refractivity contribution in [3.63, 3.8) is 0 Å². The van der Waals surface area contributed by atoms with Gasteiger partial charge in [0.05, 0.1) is 31.9 Å². The van der Waals surface area contributed by atoms with E-state index in [9.17, 15) is 10.1 Å². The maximum atomic E-state index is 10.7. The molecule has 0 aliphatic rings. The van der Waals surface area contributed by atoms with Gasteiger partial charge in [-0.15, -0.1) is 0 Å². The van der Waals surface area contributed by atoms with Crippen LogP contribution in [0.5, 0.6) is 11.5 Å². The maximum Gasteiger partial charge on any atom is 0.271 e. The number of nitrogens with zero attached hydrogens (tertiary/aromatic N) is 2. The number of anilines is 1. The summed E-state index contributed by atoms with van der Waals surface area (Å²) in [5.74, 6) is 0.855. The molecule has 2 rings (SSSR count). The molecule has 0 bridgehead atoms. The van der Waals surface area contributed by atoms with Gasteiger partial charge in [0.1, 0.15) is 5.75 Å². The molecule has 0 aliphatic carbocycles. The average Bonchev–Trinajstić information content (AvgIpc) is 2.33. The van der Waals surface area contributed by atoms with E-state index in [-0.39, 0.29) is 5.69 Å². The minimum absolute atomic E-state index is 0.0446. The lowest BCUT2D eigenvalue weighted by atomic mass is 10.3. The number of nitrogens with two attached hydrogens (primary N) is 1. The lowest BCUT2D eigenvalue weighted by molar-refractivity contribution is -0.385. The van der Waals surface area contributed by atoms with Gasteiger partial charge in [0, 0.05) is 18.2 Å². The molecular weight excluding hydrogens is 382 g/mol. The van der Waals surface area contributed by atoms with Gasteiger partial charge in [0.25, 0.3) is 5.69 Å². The Morgan fingerprint density at radius 2 is 1.84 bits per heavy atom. The van der Waals surface area contributed by atoms with Crippen LogP contribution in [0.3, 0.4) is 0 Å². The first-order valence-corrected chi connectivity index (χ1v) is 6.58. The molecule has 2 aromatic rings. The Balaban J connectivity index is 2.38. The first kappa shape index (κ1) is 13.8. The highest BCUT2D eigenvalue weighted by Gasteiger charge is 2.15. The van der Waals surface area contributed by atoms with E-state index in [2.05, 4.69) is 36.8 Å². The van der Waals surface area contributed by atoms with E-state index >= 15 is 0 Å². The molecule has 1 aromatic carbocycles. The number of nitro groups is 1. The quantitative estimate of drug-likeness (QED) is 0.636. The number of hydrogen-bond acceptors (Lipinski definition) is 5. The third-order valence-electron chi connectivity index (χ3n) is 2.15. The summed E-state index contributed by atoms with van der Waals surface area (Å²) in [6.45, 7) is 0. The zero-order valence-electron chi connectivity index (χ0n) is 9.34. The molecule has 0 spiro atoms. The zero-order chi connectivity index (χ0) is 14.0. The minimum atomic E-state index is -0.485. The van der Waals surface area contributed by atoms with Crippen molar-refractivity contribution in [2.75, 3.05) is 5.73 Å². The predicted molar refractivity (Wildman–Crippen MR) is 77.2 cm³/mol. The van der Waals surface area contributed by atoms with Crippen LogP contribution in [0.4, 0.5) is 11.4 Å². The first-order valence-electron chi connectivity index (χ1n) is 4.99. The normalized spacial score (nSPS) is 10.2. The Kier molecular flexibility index (Phi) is 4.01. The van der Waals surface area contributed by atoms with E-state index in [4.69, 9.17) is 10.5 Å². The van der Waals surface area contributed by atoms with E-state index in [1.165, 1.54) is 24.5 Å². The number of non-ortho nitro benzene ring substituents is 1. The standard InChI is InChI=1S/C11H7Br2N3O3/c12-9-2-7(16(17)18)3-10(13)11(9)19-8-1-6(14)4-15-5-8/h1-5H,14H2. The molecule has 2 N–H and O–H groups in total. The van der Waals surface area contributed by atoms with Crippen LogP contribution in [0.1, 0.15) is 0 Å². The molecule has 98 valence electrons. The summed E-state index contributed by atoms with van der Waals surface area (Å²) in [5.41, 5.74) is 6.02. The summed E-state index contributed by atoms with van der Waals surface area (Å²) in [6.07, 6.45) is 2.99. The summed E-state index contributed by atoms with van der Waals surface area (Å²) in [5, 5.41) is 10.7. The van der Waals surface area contributed by atoms with E-state index < -0.39 is 4.92 Å². The molecule has 0 amide bonds. The van der Waals surface area contributed by atoms with E-state index in [1.54, 1.807) is 6.07 Å². The number of aromatic nitrogens is 1. The fourth-order valence-electron chi connectivity index (χ4n) is 1.36. The summed E-state index contributed by atoms with van der Waals surface area (Å²) >= 11 is 6.46. The fourth-order valence-corrected chi connectivity index (χ4v) is 2.68. The smallest absolute Gasteiger partial charge is 0.271 e. The molecule has 0 unspecified atom stereocenters. The maximum absolute atomic E-state index is 10.7. The predicted octanol–water partition coefficient (Wildman–Crippen LogP) is 3.89. The van der Waals surface area contributed by atoms with Crippen molar-refractivity contribution >= 4 is 43.2 Å². The molecule has 0 aliphatic heterocycles. The Morgan fingerprint density at radius 1 is 1.21 bits per heavy atom. The highest BCUT2D eigenvalue weighted by molar-refractivity contribution is 9.11. The Hall–Kier alpha value is -1.67. The van der Waals surface area contributed by atoms with Crippen molar-refractivity contribution in [1.29, 1.82) is 0 Å². The number of ether oxygens (including phenoxy) is 1. The average molecular weight is 389 g/mol. The molecule has 8 heteroatoms. The number of nitrogen functional groups attached to an aromatic ring is 1. The number of halogens is 2. The van der Waals surface area contributed by atoms with Gasteiger partial charge >= 0.3 is 0 Å². The molecule has 19 heavy (non-hydrogen) atoms. The molecule has 6 nitrogen and oxygen atoms in total. The Morgan fingerprint density at radius 3 is 2.37 bits per heavy atom. The van der Waals surface area contributed by atoms with Crippen molar-refractivity contribution in [3.8, 4) is 11.5 Å². The van der Waals surface area contributed by atoms with Crippen molar-refractivity contribution in [2.45, 2.75) is 0 Å². The van der Waals surface area contributed by atoms with E-state index in [1.807, 2.05) is 0 Å². The molecule has 0 fully saturated rings. The van der Waals surface area contributed by atoms with Gasteiger partial charge in [-0.25, -0.2) is 0 Å². The van der Waals surface area contributed by atoms with Gasteiger partial charge in [-0.3, -0.25) is 15.1 Å². The van der Waals surface area contributed by atoms with Gasteiger partial charge < -0.3 is 10.5 Å². The largest absolute Gasteiger partial charge is 0.453 e. The van der Waals surface area contributed by atoms with Crippen LogP contribution in [0, 0.1) is 10.1 Å². The molecule has 1 aromatic heterocycles. The summed E-state index contributed by atoms with van der Waals surface area (Å²) in [4.78, 5) is 14.1. The molecule has 1 heterocycles. The van der Waals surface area contributed by atoms with Gasteiger partial charge in [0.2, 0.25) is 0 Å². The third-order valence-corrected chi connectivity index (χ3v) is 3.33. The molecule has 0 saturated carbocycles. The highest BCUT2D eigenvalue weighted by Crippen LogP contribution is 2.39. The van der Waals surface area contributed by atoms with Crippen LogP contribution in [0.25, 0.3) is 0 Å². The fraction of sp³-hybridized carbons (Fsp3) is 0. The molecule has 0 radical (unpaired) electrons. The summed E-state index contributed by atoms with van der Waals surface area (Å²) in [7, 11) is 0. The summed E-state index contributed by atoms with van der Waals surface area (Å²) in [6, 6.07) is 4.33. The molecule has 0 atom stereocenters. The Labute approximate surface area is 125 Å². The number of nitro benzene ring substituents is 1. The van der Waals surface area contributed by atoms with Crippen LogP contribution in [0.15, 0.2) is 39.5 Å².